The molecule has 0 radical (unpaired) electrons. The molecular weight excluding hydrogens is 401 g/mol. The van der Waals surface area contributed by atoms with Crippen molar-refractivity contribution in [1.82, 2.24) is 0 Å². The van der Waals surface area contributed by atoms with E-state index in [-0.39, 0.29) is 23.6 Å². The van der Waals surface area contributed by atoms with E-state index in [4.69, 9.17) is 9.15 Å². The molecule has 3 aromatic carbocycles. The molecule has 31 heavy (non-hydrogen) atoms. The lowest BCUT2D eigenvalue weighted by Crippen LogP contribution is -2.17. The Morgan fingerprint density at radius 2 is 1.87 bits per heavy atom. The van der Waals surface area contributed by atoms with Crippen LogP contribution >= 0.6 is 0 Å². The van der Waals surface area contributed by atoms with E-state index < -0.39 is 24.2 Å². The fraction of sp³-hybridized carbons (Fsp3) is 0.125. The number of Topliss-reactive ketones (excluding diaryl/α,β-unsaturated/α-hetero) is 1. The molecule has 7 heteroatoms. The number of rotatable bonds is 6. The van der Waals surface area contributed by atoms with Gasteiger partial charge in [0.15, 0.2) is 6.61 Å². The number of carbonyl (C=O) groups excluding carboxylic acids is 3. The van der Waals surface area contributed by atoms with Crippen LogP contribution in [0, 0.1) is 5.82 Å². The molecule has 0 saturated carbocycles. The smallest absolute Gasteiger partial charge is 0.310 e. The highest BCUT2D eigenvalue weighted by atomic mass is 19.1. The summed E-state index contributed by atoms with van der Waals surface area (Å²) in [6.07, 6.45) is 1.42. The number of fused-ring (bicyclic) bond motifs is 3. The molecule has 0 unspecified atom stereocenters. The third-order valence-electron chi connectivity index (χ3n) is 4.83. The van der Waals surface area contributed by atoms with Gasteiger partial charge in [-0.15, -0.1) is 0 Å². The Labute approximate surface area is 176 Å². The van der Waals surface area contributed by atoms with Gasteiger partial charge in [-0.25, -0.2) is 4.39 Å². The molecular formula is C24H18FNO5. The van der Waals surface area contributed by atoms with Gasteiger partial charge < -0.3 is 14.5 Å². The summed E-state index contributed by atoms with van der Waals surface area (Å²) < 4.78 is 24.8. The number of hydrogen-bond donors (Lipinski definition) is 1. The number of nitrogens with one attached hydrogen (secondary N) is 1. The Balaban J connectivity index is 1.45. The molecule has 0 saturated heterocycles. The van der Waals surface area contributed by atoms with E-state index >= 15 is 0 Å². The van der Waals surface area contributed by atoms with E-state index in [1.54, 1.807) is 0 Å². The largest absolute Gasteiger partial charge is 0.464 e. The predicted molar refractivity (Wildman–Crippen MR) is 113 cm³/mol. The van der Waals surface area contributed by atoms with Crippen LogP contribution in [-0.2, 0) is 20.7 Å². The average Bonchev–Trinajstić information content (AvgIpc) is 3.15. The van der Waals surface area contributed by atoms with Crippen molar-refractivity contribution >= 4 is 45.1 Å². The van der Waals surface area contributed by atoms with Crippen LogP contribution in [0.1, 0.15) is 22.8 Å². The number of benzene rings is 3. The molecule has 4 rings (SSSR count). The van der Waals surface area contributed by atoms with Gasteiger partial charge in [0.05, 0.1) is 18.2 Å². The molecule has 0 atom stereocenters. The highest BCUT2D eigenvalue weighted by Crippen LogP contribution is 2.30. The summed E-state index contributed by atoms with van der Waals surface area (Å²) in [6, 6.07) is 15.2. The quantitative estimate of drug-likeness (QED) is 0.363. The molecule has 1 amide bonds. The molecule has 0 aliphatic heterocycles. The minimum absolute atomic E-state index is 0.0851. The molecule has 0 aliphatic rings. The second-order valence-corrected chi connectivity index (χ2v) is 7.06. The van der Waals surface area contributed by atoms with Gasteiger partial charge in [0.2, 0.25) is 11.7 Å². The number of ether oxygens (including phenoxy) is 1. The maximum atomic E-state index is 14.2. The molecule has 0 spiro atoms. The van der Waals surface area contributed by atoms with Crippen molar-refractivity contribution in [2.45, 2.75) is 13.3 Å². The number of halogens is 1. The fourth-order valence-electron chi connectivity index (χ4n) is 3.46. The summed E-state index contributed by atoms with van der Waals surface area (Å²) in [5.41, 5.74) is 1.31. The Kier molecular flexibility index (Phi) is 5.49. The summed E-state index contributed by atoms with van der Waals surface area (Å²) >= 11 is 0. The lowest BCUT2D eigenvalue weighted by Gasteiger charge is -2.07. The third kappa shape index (κ3) is 4.30. The molecule has 156 valence electrons. The molecule has 1 N–H and O–H groups in total. The minimum Gasteiger partial charge on any atom is -0.464 e. The van der Waals surface area contributed by atoms with Crippen molar-refractivity contribution in [3.63, 3.8) is 0 Å². The van der Waals surface area contributed by atoms with Crippen LogP contribution in [0.15, 0.2) is 65.3 Å². The van der Waals surface area contributed by atoms with E-state index in [0.717, 1.165) is 22.2 Å². The zero-order chi connectivity index (χ0) is 22.0. The number of anilines is 1. The van der Waals surface area contributed by atoms with Crippen LogP contribution in [0.5, 0.6) is 0 Å². The van der Waals surface area contributed by atoms with Crippen LogP contribution in [0.4, 0.5) is 10.1 Å². The molecule has 1 heterocycles. The summed E-state index contributed by atoms with van der Waals surface area (Å²) in [5.74, 6) is -2.46. The third-order valence-corrected chi connectivity index (χ3v) is 4.83. The molecule has 0 fully saturated rings. The van der Waals surface area contributed by atoms with Gasteiger partial charge in [-0.3, -0.25) is 14.4 Å². The van der Waals surface area contributed by atoms with Crippen molar-refractivity contribution < 1.29 is 27.9 Å². The molecule has 0 bridgehead atoms. The van der Waals surface area contributed by atoms with Crippen LogP contribution in [0.25, 0.3) is 21.7 Å². The van der Waals surface area contributed by atoms with E-state index in [1.807, 2.05) is 36.4 Å². The Bertz CT molecular complexity index is 1320. The highest BCUT2D eigenvalue weighted by molar-refractivity contribution is 6.08. The van der Waals surface area contributed by atoms with E-state index in [0.29, 0.717) is 11.1 Å². The van der Waals surface area contributed by atoms with Gasteiger partial charge in [-0.05, 0) is 35.0 Å². The Morgan fingerprint density at radius 1 is 1.06 bits per heavy atom. The van der Waals surface area contributed by atoms with Crippen molar-refractivity contribution in [2.75, 3.05) is 11.9 Å². The first-order chi connectivity index (χ1) is 14.9. The first-order valence-corrected chi connectivity index (χ1v) is 9.56. The van der Waals surface area contributed by atoms with Gasteiger partial charge in [-0.2, -0.15) is 0 Å². The first-order valence-electron chi connectivity index (χ1n) is 9.56. The van der Waals surface area contributed by atoms with Crippen LogP contribution in [-0.4, -0.2) is 24.3 Å². The SMILES string of the molecule is CC(=O)Nc1ccc(C(=O)COC(=O)Cc2coc3ccc4ccccc4c23)c(F)c1. The number of esters is 1. The van der Waals surface area contributed by atoms with Crippen molar-refractivity contribution in [3.8, 4) is 0 Å². The lowest BCUT2D eigenvalue weighted by atomic mass is 10.0. The van der Waals surface area contributed by atoms with Crippen molar-refractivity contribution in [2.24, 2.45) is 0 Å². The van der Waals surface area contributed by atoms with Gasteiger partial charge in [0.1, 0.15) is 11.4 Å². The van der Waals surface area contributed by atoms with E-state index in [2.05, 4.69) is 5.32 Å². The second-order valence-electron chi connectivity index (χ2n) is 7.06. The predicted octanol–water partition coefficient (Wildman–Crippen LogP) is 4.65. The van der Waals surface area contributed by atoms with Crippen LogP contribution in [0.2, 0.25) is 0 Å². The summed E-state index contributed by atoms with van der Waals surface area (Å²) in [7, 11) is 0. The maximum Gasteiger partial charge on any atom is 0.310 e. The molecule has 6 nitrogen and oxygen atoms in total. The monoisotopic (exact) mass is 419 g/mol. The van der Waals surface area contributed by atoms with Crippen molar-refractivity contribution in [3.05, 3.63) is 77.8 Å². The van der Waals surface area contributed by atoms with Gasteiger partial charge in [0, 0.05) is 23.6 Å². The van der Waals surface area contributed by atoms with E-state index in [1.165, 1.54) is 25.3 Å². The molecule has 1 aromatic heterocycles. The number of furan rings is 1. The standard InChI is InChI=1S/C24H18FNO5/c1-14(27)26-17-7-8-19(20(25)11-17)21(28)13-31-23(29)10-16-12-30-22-9-6-15-4-2-3-5-18(15)24(16)22/h2-9,11-12H,10,13H2,1H3,(H,26,27). The number of carbonyl (C=O) groups is 3. The number of ketones is 1. The Hall–Kier alpha value is -4.00. The second kappa shape index (κ2) is 8.39. The van der Waals surface area contributed by atoms with Gasteiger partial charge >= 0.3 is 5.97 Å². The highest BCUT2D eigenvalue weighted by Gasteiger charge is 2.17. The summed E-state index contributed by atoms with van der Waals surface area (Å²) in [4.78, 5) is 35.6. The number of hydrogen-bond acceptors (Lipinski definition) is 5. The Morgan fingerprint density at radius 3 is 2.65 bits per heavy atom. The summed E-state index contributed by atoms with van der Waals surface area (Å²) in [6.45, 7) is 0.703. The van der Waals surface area contributed by atoms with Crippen LogP contribution < -0.4 is 5.32 Å². The fourth-order valence-corrected chi connectivity index (χ4v) is 3.46. The molecule has 0 aliphatic carbocycles. The topological polar surface area (TPSA) is 85.6 Å². The summed E-state index contributed by atoms with van der Waals surface area (Å²) in [5, 5.41) is 5.22. The van der Waals surface area contributed by atoms with Gasteiger partial charge in [0.25, 0.3) is 0 Å². The molecule has 4 aromatic rings. The van der Waals surface area contributed by atoms with E-state index in [9.17, 15) is 18.8 Å². The van der Waals surface area contributed by atoms with Gasteiger partial charge in [-0.1, -0.05) is 30.3 Å². The first kappa shape index (κ1) is 20.3. The average molecular weight is 419 g/mol. The van der Waals surface area contributed by atoms with Crippen molar-refractivity contribution in [1.29, 1.82) is 0 Å². The zero-order valence-electron chi connectivity index (χ0n) is 16.6. The van der Waals surface area contributed by atoms with Crippen LogP contribution in [0.3, 0.4) is 0 Å². The number of amides is 1. The lowest BCUT2D eigenvalue weighted by molar-refractivity contribution is -0.141. The maximum absolute atomic E-state index is 14.2. The minimum atomic E-state index is -0.806. The normalized spacial score (nSPS) is 10.9. The zero-order valence-corrected chi connectivity index (χ0v) is 16.6.